The SMILES string of the molecule is O=C(NC[C@@H]1CCCO1)C(=O)N/N=C/c1cc(Cl)ccc1O. The molecule has 0 spiro atoms. The number of aromatic hydroxyl groups is 1. The topological polar surface area (TPSA) is 100 Å². The summed E-state index contributed by atoms with van der Waals surface area (Å²) in [5, 5.41) is 16.1. The molecular weight excluding hydrogens is 310 g/mol. The van der Waals surface area contributed by atoms with E-state index >= 15 is 0 Å². The van der Waals surface area contributed by atoms with E-state index in [1.54, 1.807) is 0 Å². The first-order chi connectivity index (χ1) is 10.6. The summed E-state index contributed by atoms with van der Waals surface area (Å²) in [6, 6.07) is 4.40. The molecule has 0 radical (unpaired) electrons. The summed E-state index contributed by atoms with van der Waals surface area (Å²) in [5.74, 6) is -1.72. The second-order valence-electron chi connectivity index (χ2n) is 4.75. The van der Waals surface area contributed by atoms with Gasteiger partial charge in [-0.05, 0) is 31.0 Å². The molecule has 1 saturated heterocycles. The van der Waals surface area contributed by atoms with Crippen LogP contribution in [0.3, 0.4) is 0 Å². The third-order valence-electron chi connectivity index (χ3n) is 3.08. The highest BCUT2D eigenvalue weighted by Gasteiger charge is 2.18. The summed E-state index contributed by atoms with van der Waals surface area (Å²) < 4.78 is 5.33. The van der Waals surface area contributed by atoms with Crippen molar-refractivity contribution >= 4 is 29.6 Å². The molecule has 22 heavy (non-hydrogen) atoms. The number of amides is 2. The van der Waals surface area contributed by atoms with E-state index in [4.69, 9.17) is 16.3 Å². The van der Waals surface area contributed by atoms with Crippen LogP contribution in [-0.2, 0) is 14.3 Å². The van der Waals surface area contributed by atoms with E-state index in [0.717, 1.165) is 12.8 Å². The zero-order chi connectivity index (χ0) is 15.9. The smallest absolute Gasteiger partial charge is 0.329 e. The Morgan fingerprint density at radius 1 is 1.45 bits per heavy atom. The van der Waals surface area contributed by atoms with Crippen molar-refractivity contribution in [1.82, 2.24) is 10.7 Å². The average Bonchev–Trinajstić information content (AvgIpc) is 3.01. The monoisotopic (exact) mass is 325 g/mol. The van der Waals surface area contributed by atoms with E-state index < -0.39 is 11.8 Å². The van der Waals surface area contributed by atoms with Crippen molar-refractivity contribution in [2.75, 3.05) is 13.2 Å². The number of carbonyl (C=O) groups excluding carboxylic acids is 2. The molecule has 0 aromatic heterocycles. The van der Waals surface area contributed by atoms with Crippen LogP contribution in [0.2, 0.25) is 5.02 Å². The van der Waals surface area contributed by atoms with Gasteiger partial charge in [-0.25, -0.2) is 5.43 Å². The van der Waals surface area contributed by atoms with Gasteiger partial charge in [0.2, 0.25) is 0 Å². The van der Waals surface area contributed by atoms with Crippen LogP contribution in [-0.4, -0.2) is 42.4 Å². The maximum atomic E-state index is 11.5. The van der Waals surface area contributed by atoms with Gasteiger partial charge >= 0.3 is 11.8 Å². The van der Waals surface area contributed by atoms with Crippen LogP contribution in [0.4, 0.5) is 0 Å². The van der Waals surface area contributed by atoms with Gasteiger partial charge in [-0.15, -0.1) is 0 Å². The van der Waals surface area contributed by atoms with Gasteiger partial charge in [0.25, 0.3) is 0 Å². The Hall–Kier alpha value is -2.12. The number of phenols is 1. The molecule has 2 rings (SSSR count). The molecule has 1 atom stereocenters. The first-order valence-corrected chi connectivity index (χ1v) is 7.15. The van der Waals surface area contributed by atoms with E-state index in [9.17, 15) is 14.7 Å². The average molecular weight is 326 g/mol. The van der Waals surface area contributed by atoms with Gasteiger partial charge in [-0.1, -0.05) is 11.6 Å². The lowest BCUT2D eigenvalue weighted by Crippen LogP contribution is -2.41. The number of hydrazone groups is 1. The standard InChI is InChI=1S/C14H16ClN3O4/c15-10-3-4-12(19)9(6-10)7-17-18-14(21)13(20)16-8-11-2-1-5-22-11/h3-4,6-7,11,19H,1-2,5,8H2,(H,16,20)(H,18,21)/b17-7+/t11-/m0/s1. The zero-order valence-corrected chi connectivity index (χ0v) is 12.5. The molecule has 2 amide bonds. The highest BCUT2D eigenvalue weighted by molar-refractivity contribution is 6.35. The van der Waals surface area contributed by atoms with Crippen LogP contribution >= 0.6 is 11.6 Å². The van der Waals surface area contributed by atoms with Crippen molar-refractivity contribution < 1.29 is 19.4 Å². The Morgan fingerprint density at radius 2 is 2.27 bits per heavy atom. The molecule has 0 saturated carbocycles. The zero-order valence-electron chi connectivity index (χ0n) is 11.7. The van der Waals surface area contributed by atoms with Crippen LogP contribution in [0.15, 0.2) is 23.3 Å². The molecule has 1 aliphatic heterocycles. The molecule has 1 heterocycles. The summed E-state index contributed by atoms with van der Waals surface area (Å²) in [7, 11) is 0. The van der Waals surface area contributed by atoms with Gasteiger partial charge in [0.05, 0.1) is 12.3 Å². The number of hydrogen-bond donors (Lipinski definition) is 3. The molecule has 3 N–H and O–H groups in total. The molecule has 1 aromatic rings. The summed E-state index contributed by atoms with van der Waals surface area (Å²) in [4.78, 5) is 23.1. The Labute approximate surface area is 132 Å². The lowest BCUT2D eigenvalue weighted by molar-refractivity contribution is -0.139. The molecule has 0 bridgehead atoms. The predicted molar refractivity (Wildman–Crippen MR) is 80.8 cm³/mol. The molecule has 1 aliphatic rings. The van der Waals surface area contributed by atoms with Crippen LogP contribution in [0, 0.1) is 0 Å². The molecule has 1 aromatic carbocycles. The molecule has 8 heteroatoms. The third kappa shape index (κ3) is 4.71. The van der Waals surface area contributed by atoms with E-state index in [-0.39, 0.29) is 11.9 Å². The molecule has 0 aliphatic carbocycles. The second kappa shape index (κ2) is 7.77. The normalized spacial score (nSPS) is 17.6. The number of carbonyl (C=O) groups is 2. The lowest BCUT2D eigenvalue weighted by Gasteiger charge is -2.09. The summed E-state index contributed by atoms with van der Waals surface area (Å²) in [6.07, 6.45) is 2.99. The van der Waals surface area contributed by atoms with E-state index in [2.05, 4.69) is 15.8 Å². The van der Waals surface area contributed by atoms with Crippen LogP contribution in [0.1, 0.15) is 18.4 Å². The first-order valence-electron chi connectivity index (χ1n) is 6.77. The molecule has 0 unspecified atom stereocenters. The Morgan fingerprint density at radius 3 is 3.00 bits per heavy atom. The van der Waals surface area contributed by atoms with Crippen molar-refractivity contribution in [3.63, 3.8) is 0 Å². The summed E-state index contributed by atoms with van der Waals surface area (Å²) in [5.41, 5.74) is 2.40. The fourth-order valence-electron chi connectivity index (χ4n) is 1.93. The number of ether oxygens (including phenoxy) is 1. The van der Waals surface area contributed by atoms with Gasteiger partial charge in [0, 0.05) is 23.7 Å². The lowest BCUT2D eigenvalue weighted by atomic mass is 10.2. The minimum Gasteiger partial charge on any atom is -0.507 e. The van der Waals surface area contributed by atoms with Gasteiger partial charge in [-0.3, -0.25) is 9.59 Å². The number of nitrogens with one attached hydrogen (secondary N) is 2. The number of rotatable bonds is 4. The van der Waals surface area contributed by atoms with Crippen molar-refractivity contribution in [2.45, 2.75) is 18.9 Å². The minimum atomic E-state index is -0.893. The number of hydrogen-bond acceptors (Lipinski definition) is 5. The van der Waals surface area contributed by atoms with Gasteiger partial charge < -0.3 is 15.2 Å². The van der Waals surface area contributed by atoms with Crippen molar-refractivity contribution in [1.29, 1.82) is 0 Å². The van der Waals surface area contributed by atoms with Crippen molar-refractivity contribution in [3.8, 4) is 5.75 Å². The van der Waals surface area contributed by atoms with Crippen LogP contribution in [0.25, 0.3) is 0 Å². The van der Waals surface area contributed by atoms with Crippen LogP contribution < -0.4 is 10.7 Å². The number of nitrogens with zero attached hydrogens (tertiary/aromatic N) is 1. The van der Waals surface area contributed by atoms with E-state index in [1.165, 1.54) is 24.4 Å². The predicted octanol–water partition coefficient (Wildman–Crippen LogP) is 0.791. The van der Waals surface area contributed by atoms with Crippen LogP contribution in [0.5, 0.6) is 5.75 Å². The fraction of sp³-hybridized carbons (Fsp3) is 0.357. The van der Waals surface area contributed by atoms with Gasteiger partial charge in [-0.2, -0.15) is 5.10 Å². The number of benzene rings is 1. The second-order valence-corrected chi connectivity index (χ2v) is 5.18. The molecule has 7 nitrogen and oxygen atoms in total. The molecule has 1 fully saturated rings. The highest BCUT2D eigenvalue weighted by atomic mass is 35.5. The van der Waals surface area contributed by atoms with E-state index in [0.29, 0.717) is 23.7 Å². The van der Waals surface area contributed by atoms with Gasteiger partial charge in [0.15, 0.2) is 0 Å². The van der Waals surface area contributed by atoms with Gasteiger partial charge in [0.1, 0.15) is 5.75 Å². The Bertz CT molecular complexity index is 585. The third-order valence-corrected chi connectivity index (χ3v) is 3.31. The fourth-order valence-corrected chi connectivity index (χ4v) is 2.11. The largest absolute Gasteiger partial charge is 0.507 e. The molecular formula is C14H16ClN3O4. The quantitative estimate of drug-likeness (QED) is 0.433. The maximum Gasteiger partial charge on any atom is 0.329 e. The van der Waals surface area contributed by atoms with Crippen molar-refractivity contribution in [2.24, 2.45) is 5.10 Å². The summed E-state index contributed by atoms with van der Waals surface area (Å²) >= 11 is 5.78. The first kappa shape index (κ1) is 16.3. The number of halogens is 1. The maximum absolute atomic E-state index is 11.5. The number of phenolic OH excluding ortho intramolecular Hbond substituents is 1. The molecule has 118 valence electrons. The van der Waals surface area contributed by atoms with E-state index in [1.807, 2.05) is 0 Å². The minimum absolute atomic E-state index is 0.0368. The highest BCUT2D eigenvalue weighted by Crippen LogP contribution is 2.19. The Balaban J connectivity index is 1.79. The Kier molecular flexibility index (Phi) is 5.74. The van der Waals surface area contributed by atoms with Crippen molar-refractivity contribution in [3.05, 3.63) is 28.8 Å². The summed E-state index contributed by atoms with van der Waals surface area (Å²) in [6.45, 7) is 0.977.